The highest BCUT2D eigenvalue weighted by Gasteiger charge is 2.20. The van der Waals surface area contributed by atoms with Crippen LogP contribution in [0.4, 0.5) is 0 Å². The molecular weight excluding hydrogens is 256 g/mol. The van der Waals surface area contributed by atoms with Crippen LogP contribution < -0.4 is 5.73 Å². The quantitative estimate of drug-likeness (QED) is 0.819. The third-order valence-corrected chi connectivity index (χ3v) is 2.66. The van der Waals surface area contributed by atoms with Crippen LogP contribution in [-0.2, 0) is 22.7 Å². The maximum Gasteiger partial charge on any atom is 0.312 e. The van der Waals surface area contributed by atoms with Crippen molar-refractivity contribution in [2.45, 2.75) is 13.1 Å². The minimum Gasteiger partial charge on any atom is -0.361 e. The molecule has 6 heteroatoms. The summed E-state index contributed by atoms with van der Waals surface area (Å²) >= 11 is 0. The summed E-state index contributed by atoms with van der Waals surface area (Å²) in [5.41, 5.74) is 6.43. The molecular formula is C14H14N4O2. The van der Waals surface area contributed by atoms with Crippen molar-refractivity contribution in [1.29, 1.82) is 0 Å². The third-order valence-electron chi connectivity index (χ3n) is 2.66. The summed E-state index contributed by atoms with van der Waals surface area (Å²) < 4.78 is 0. The lowest BCUT2D eigenvalue weighted by Crippen LogP contribution is -2.39. The van der Waals surface area contributed by atoms with E-state index in [1.165, 1.54) is 4.90 Å². The monoisotopic (exact) mass is 270 g/mol. The van der Waals surface area contributed by atoms with E-state index in [0.29, 0.717) is 11.4 Å². The first-order chi connectivity index (χ1) is 9.66. The van der Waals surface area contributed by atoms with Crippen LogP contribution in [0.25, 0.3) is 0 Å². The van der Waals surface area contributed by atoms with Crippen LogP contribution in [0.3, 0.4) is 0 Å². The average Bonchev–Trinajstić information content (AvgIpc) is 2.48. The fourth-order valence-corrected chi connectivity index (χ4v) is 1.73. The van der Waals surface area contributed by atoms with E-state index in [9.17, 15) is 9.59 Å². The number of hydrogen-bond donors (Lipinski definition) is 1. The van der Waals surface area contributed by atoms with Crippen LogP contribution in [0.15, 0.2) is 48.8 Å². The summed E-state index contributed by atoms with van der Waals surface area (Å²) in [6, 6.07) is 10.7. The van der Waals surface area contributed by atoms with Gasteiger partial charge in [-0.05, 0) is 24.3 Å². The Hall–Kier alpha value is -2.76. The lowest BCUT2D eigenvalue weighted by Gasteiger charge is -2.20. The zero-order valence-corrected chi connectivity index (χ0v) is 10.8. The maximum absolute atomic E-state index is 11.8. The highest BCUT2D eigenvalue weighted by molar-refractivity contribution is 6.34. The molecule has 2 heterocycles. The summed E-state index contributed by atoms with van der Waals surface area (Å²) in [6.45, 7) is 0.415. The number of carbonyl (C=O) groups excluding carboxylic acids is 2. The van der Waals surface area contributed by atoms with E-state index in [0.717, 1.165) is 0 Å². The van der Waals surface area contributed by atoms with Gasteiger partial charge in [0.1, 0.15) is 0 Å². The van der Waals surface area contributed by atoms with Gasteiger partial charge in [-0.25, -0.2) is 0 Å². The fraction of sp³-hybridized carbons (Fsp3) is 0.143. The van der Waals surface area contributed by atoms with Crippen molar-refractivity contribution in [3.05, 3.63) is 60.2 Å². The normalized spacial score (nSPS) is 10.0. The first-order valence-corrected chi connectivity index (χ1v) is 6.05. The molecule has 0 aliphatic rings. The molecule has 2 N–H and O–H groups in total. The van der Waals surface area contributed by atoms with Gasteiger partial charge in [0.25, 0.3) is 0 Å². The minimum absolute atomic E-state index is 0.208. The first kappa shape index (κ1) is 13.7. The van der Waals surface area contributed by atoms with Crippen molar-refractivity contribution in [1.82, 2.24) is 14.9 Å². The van der Waals surface area contributed by atoms with Crippen LogP contribution in [0.2, 0.25) is 0 Å². The molecule has 20 heavy (non-hydrogen) atoms. The zero-order valence-electron chi connectivity index (χ0n) is 10.8. The van der Waals surface area contributed by atoms with E-state index in [-0.39, 0.29) is 13.1 Å². The molecule has 0 saturated heterocycles. The number of aromatic nitrogens is 2. The Balaban J connectivity index is 2.17. The Morgan fingerprint density at radius 3 is 1.80 bits per heavy atom. The topological polar surface area (TPSA) is 89.2 Å². The fourth-order valence-electron chi connectivity index (χ4n) is 1.73. The van der Waals surface area contributed by atoms with E-state index in [1.807, 2.05) is 12.1 Å². The minimum atomic E-state index is -0.989. The molecule has 0 aliphatic carbocycles. The molecule has 0 unspecified atom stereocenters. The molecule has 0 spiro atoms. The van der Waals surface area contributed by atoms with Gasteiger partial charge in [-0.15, -0.1) is 0 Å². The summed E-state index contributed by atoms with van der Waals surface area (Å²) in [6.07, 6.45) is 3.26. The van der Waals surface area contributed by atoms with Gasteiger partial charge in [-0.1, -0.05) is 12.1 Å². The Kier molecular flexibility index (Phi) is 4.39. The van der Waals surface area contributed by atoms with Crippen LogP contribution in [0.5, 0.6) is 0 Å². The lowest BCUT2D eigenvalue weighted by atomic mass is 10.2. The molecule has 0 saturated carbocycles. The number of hydrogen-bond acceptors (Lipinski definition) is 4. The number of pyridine rings is 2. The van der Waals surface area contributed by atoms with Crippen molar-refractivity contribution >= 4 is 11.8 Å². The highest BCUT2D eigenvalue weighted by atomic mass is 16.2. The van der Waals surface area contributed by atoms with Gasteiger partial charge in [0.05, 0.1) is 24.5 Å². The van der Waals surface area contributed by atoms with Gasteiger partial charge >= 0.3 is 11.8 Å². The summed E-state index contributed by atoms with van der Waals surface area (Å²) in [5.74, 6) is -1.74. The molecule has 0 atom stereocenters. The summed E-state index contributed by atoms with van der Waals surface area (Å²) in [7, 11) is 0. The maximum atomic E-state index is 11.8. The molecule has 0 aliphatic heterocycles. The van der Waals surface area contributed by atoms with Gasteiger partial charge < -0.3 is 10.6 Å². The molecule has 2 amide bonds. The number of nitrogens with two attached hydrogens (primary N) is 1. The second kappa shape index (κ2) is 6.42. The molecule has 6 nitrogen and oxygen atoms in total. The van der Waals surface area contributed by atoms with E-state index in [4.69, 9.17) is 5.73 Å². The number of primary amides is 1. The van der Waals surface area contributed by atoms with Crippen LogP contribution in [0.1, 0.15) is 11.4 Å². The SMILES string of the molecule is NC(=O)C(=O)N(Cc1ccccn1)Cc1ccccn1. The van der Waals surface area contributed by atoms with Crippen molar-refractivity contribution in [3.63, 3.8) is 0 Å². The Morgan fingerprint density at radius 2 is 1.45 bits per heavy atom. The van der Waals surface area contributed by atoms with E-state index < -0.39 is 11.8 Å². The van der Waals surface area contributed by atoms with Gasteiger partial charge in [0, 0.05) is 12.4 Å². The molecule has 0 aromatic carbocycles. The van der Waals surface area contributed by atoms with Gasteiger partial charge in [-0.3, -0.25) is 19.6 Å². The van der Waals surface area contributed by atoms with Gasteiger partial charge in [0.15, 0.2) is 0 Å². The predicted octanol–water partition coefficient (Wildman–Crippen LogP) is 0.491. The van der Waals surface area contributed by atoms with Crippen molar-refractivity contribution in [2.24, 2.45) is 5.73 Å². The van der Waals surface area contributed by atoms with Crippen LogP contribution >= 0.6 is 0 Å². The summed E-state index contributed by atoms with van der Waals surface area (Å²) in [4.78, 5) is 32.6. The number of nitrogens with zero attached hydrogens (tertiary/aromatic N) is 3. The molecule has 0 fully saturated rings. The molecule has 2 aromatic heterocycles. The van der Waals surface area contributed by atoms with Crippen LogP contribution in [0, 0.1) is 0 Å². The number of carbonyl (C=O) groups is 2. The first-order valence-electron chi connectivity index (χ1n) is 6.05. The average molecular weight is 270 g/mol. The lowest BCUT2D eigenvalue weighted by molar-refractivity contribution is -0.145. The standard InChI is InChI=1S/C14H14N4O2/c15-13(19)14(20)18(9-11-5-1-3-7-16-11)10-12-6-2-4-8-17-12/h1-8H,9-10H2,(H2,15,19). The van der Waals surface area contributed by atoms with E-state index in [1.54, 1.807) is 36.7 Å². The molecule has 2 rings (SSSR count). The Bertz CT molecular complexity index is 545. The van der Waals surface area contributed by atoms with Crippen LogP contribution in [-0.4, -0.2) is 26.7 Å². The van der Waals surface area contributed by atoms with Crippen molar-refractivity contribution in [2.75, 3.05) is 0 Å². The molecule has 0 radical (unpaired) electrons. The third kappa shape index (κ3) is 3.61. The second-order valence-corrected chi connectivity index (χ2v) is 4.17. The smallest absolute Gasteiger partial charge is 0.312 e. The Labute approximate surface area is 116 Å². The van der Waals surface area contributed by atoms with Gasteiger partial charge in [0.2, 0.25) is 0 Å². The van der Waals surface area contributed by atoms with E-state index >= 15 is 0 Å². The summed E-state index contributed by atoms with van der Waals surface area (Å²) in [5, 5.41) is 0. The van der Waals surface area contributed by atoms with E-state index in [2.05, 4.69) is 9.97 Å². The van der Waals surface area contributed by atoms with Crippen molar-refractivity contribution < 1.29 is 9.59 Å². The second-order valence-electron chi connectivity index (χ2n) is 4.17. The zero-order chi connectivity index (χ0) is 14.4. The molecule has 102 valence electrons. The van der Waals surface area contributed by atoms with Crippen molar-refractivity contribution in [3.8, 4) is 0 Å². The van der Waals surface area contributed by atoms with Gasteiger partial charge in [-0.2, -0.15) is 0 Å². The number of rotatable bonds is 4. The predicted molar refractivity (Wildman–Crippen MR) is 71.9 cm³/mol. The highest BCUT2D eigenvalue weighted by Crippen LogP contribution is 2.07. The molecule has 0 bridgehead atoms. The Morgan fingerprint density at radius 1 is 0.950 bits per heavy atom. The number of amides is 2. The molecule has 2 aromatic rings. The largest absolute Gasteiger partial charge is 0.361 e.